The van der Waals surface area contributed by atoms with Gasteiger partial charge in [0, 0.05) is 18.1 Å². The lowest BCUT2D eigenvalue weighted by Gasteiger charge is -2.04. The lowest BCUT2D eigenvalue weighted by Crippen LogP contribution is -2.07. The van der Waals surface area contributed by atoms with Crippen molar-refractivity contribution in [3.05, 3.63) is 60.3 Å². The molecule has 1 atom stereocenters. The average Bonchev–Trinajstić information content (AvgIpc) is 3.04. The van der Waals surface area contributed by atoms with Crippen LogP contribution in [-0.2, 0) is 6.42 Å². The molecule has 108 valence electrons. The molecule has 0 bridgehead atoms. The quantitative estimate of drug-likeness (QED) is 0.744. The Kier molecular flexibility index (Phi) is 3.52. The average molecular weight is 307 g/mol. The molecule has 2 aromatic heterocycles. The summed E-state index contributed by atoms with van der Waals surface area (Å²) in [5.41, 5.74) is 2.63. The lowest BCUT2D eigenvalue weighted by molar-refractivity contribution is 0.762. The number of fused-ring (bicyclic) bond motifs is 1. The van der Waals surface area contributed by atoms with Crippen LogP contribution in [0.25, 0.3) is 11.2 Å². The van der Waals surface area contributed by atoms with Crippen LogP contribution in [0.1, 0.15) is 11.4 Å². The van der Waals surface area contributed by atoms with Crippen LogP contribution in [0.15, 0.2) is 53.9 Å². The van der Waals surface area contributed by atoms with E-state index in [1.165, 1.54) is 5.56 Å². The van der Waals surface area contributed by atoms with Crippen LogP contribution in [0.3, 0.4) is 0 Å². The summed E-state index contributed by atoms with van der Waals surface area (Å²) in [5.74, 6) is 1.61. The van der Waals surface area contributed by atoms with Crippen LogP contribution in [0.2, 0.25) is 0 Å². The van der Waals surface area contributed by atoms with Crippen molar-refractivity contribution < 1.29 is 0 Å². The standard InChI is InChI=1S/C16H13N5S/c1-2-4-11(5-3-1)8-12-10-22-16(20-12)15-19-9-13-14(21-15)18-7-6-17-13/h1-7,9,12H,8,10H2. The topological polar surface area (TPSA) is 63.9 Å². The van der Waals surface area contributed by atoms with Gasteiger partial charge >= 0.3 is 0 Å². The Labute approximate surface area is 132 Å². The van der Waals surface area contributed by atoms with E-state index in [1.807, 2.05) is 6.07 Å². The van der Waals surface area contributed by atoms with Crippen molar-refractivity contribution in [2.24, 2.45) is 4.99 Å². The molecule has 0 spiro atoms. The van der Waals surface area contributed by atoms with Gasteiger partial charge in [-0.2, -0.15) is 0 Å². The van der Waals surface area contributed by atoms with Crippen molar-refractivity contribution >= 4 is 28.0 Å². The molecule has 0 saturated heterocycles. The zero-order chi connectivity index (χ0) is 14.8. The van der Waals surface area contributed by atoms with E-state index in [1.54, 1.807) is 30.4 Å². The minimum Gasteiger partial charge on any atom is -0.270 e. The van der Waals surface area contributed by atoms with E-state index < -0.39 is 0 Å². The molecular weight excluding hydrogens is 294 g/mol. The summed E-state index contributed by atoms with van der Waals surface area (Å²) >= 11 is 1.71. The molecule has 1 unspecified atom stereocenters. The van der Waals surface area contributed by atoms with Gasteiger partial charge in [-0.1, -0.05) is 30.3 Å². The van der Waals surface area contributed by atoms with Crippen molar-refractivity contribution in [2.75, 3.05) is 5.75 Å². The highest BCUT2D eigenvalue weighted by Gasteiger charge is 2.21. The summed E-state index contributed by atoms with van der Waals surface area (Å²) in [4.78, 5) is 22.0. The van der Waals surface area contributed by atoms with Crippen LogP contribution in [0.5, 0.6) is 0 Å². The summed E-state index contributed by atoms with van der Waals surface area (Å²) in [6.07, 6.45) is 5.94. The van der Waals surface area contributed by atoms with Crippen molar-refractivity contribution in [1.82, 2.24) is 19.9 Å². The van der Waals surface area contributed by atoms with E-state index in [9.17, 15) is 0 Å². The van der Waals surface area contributed by atoms with Gasteiger partial charge in [-0.3, -0.25) is 4.99 Å². The molecule has 4 rings (SSSR count). The molecule has 1 aliphatic rings. The highest BCUT2D eigenvalue weighted by Crippen LogP contribution is 2.24. The van der Waals surface area contributed by atoms with Gasteiger partial charge in [0.25, 0.3) is 0 Å². The van der Waals surface area contributed by atoms with Crippen LogP contribution >= 0.6 is 11.8 Å². The van der Waals surface area contributed by atoms with E-state index in [4.69, 9.17) is 4.99 Å². The molecule has 5 nitrogen and oxygen atoms in total. The maximum Gasteiger partial charge on any atom is 0.186 e. The van der Waals surface area contributed by atoms with Crippen molar-refractivity contribution in [2.45, 2.75) is 12.5 Å². The second-order valence-electron chi connectivity index (χ2n) is 5.05. The lowest BCUT2D eigenvalue weighted by atomic mass is 10.1. The van der Waals surface area contributed by atoms with Crippen LogP contribution in [0.4, 0.5) is 0 Å². The third-order valence-electron chi connectivity index (χ3n) is 3.44. The monoisotopic (exact) mass is 307 g/mol. The molecule has 0 aliphatic carbocycles. The van der Waals surface area contributed by atoms with Gasteiger partial charge in [0.1, 0.15) is 10.6 Å². The summed E-state index contributed by atoms with van der Waals surface area (Å²) in [6, 6.07) is 10.7. The summed E-state index contributed by atoms with van der Waals surface area (Å²) in [5, 5.41) is 0.897. The van der Waals surface area contributed by atoms with Crippen LogP contribution in [0, 0.1) is 0 Å². The van der Waals surface area contributed by atoms with Gasteiger partial charge in [-0.25, -0.2) is 19.9 Å². The van der Waals surface area contributed by atoms with Gasteiger partial charge in [-0.05, 0) is 12.0 Å². The smallest absolute Gasteiger partial charge is 0.186 e. The Morgan fingerprint density at radius 2 is 1.91 bits per heavy atom. The van der Waals surface area contributed by atoms with Crippen molar-refractivity contribution in [3.8, 4) is 0 Å². The molecule has 0 fully saturated rings. The SMILES string of the molecule is c1ccc(CC2CSC(c3ncc4nccnc4n3)=N2)cc1. The van der Waals surface area contributed by atoms with E-state index in [-0.39, 0.29) is 6.04 Å². The van der Waals surface area contributed by atoms with Gasteiger partial charge < -0.3 is 0 Å². The Morgan fingerprint density at radius 1 is 1.05 bits per heavy atom. The highest BCUT2D eigenvalue weighted by molar-refractivity contribution is 8.14. The molecule has 0 amide bonds. The Morgan fingerprint density at radius 3 is 2.82 bits per heavy atom. The number of benzene rings is 1. The van der Waals surface area contributed by atoms with Gasteiger partial charge in [0.15, 0.2) is 11.5 Å². The second kappa shape index (κ2) is 5.81. The first kappa shape index (κ1) is 13.3. The predicted molar refractivity (Wildman–Crippen MR) is 88.1 cm³/mol. The highest BCUT2D eigenvalue weighted by atomic mass is 32.2. The zero-order valence-electron chi connectivity index (χ0n) is 11.8. The minimum absolute atomic E-state index is 0.281. The molecule has 0 N–H and O–H groups in total. The van der Waals surface area contributed by atoms with E-state index in [0.717, 1.165) is 17.2 Å². The number of hydrogen-bond donors (Lipinski definition) is 0. The fourth-order valence-corrected chi connectivity index (χ4v) is 3.40. The summed E-state index contributed by atoms with van der Waals surface area (Å²) in [6.45, 7) is 0. The number of aromatic nitrogens is 4. The Balaban J connectivity index is 1.58. The molecule has 22 heavy (non-hydrogen) atoms. The van der Waals surface area contributed by atoms with Crippen molar-refractivity contribution in [1.29, 1.82) is 0 Å². The molecule has 3 aromatic rings. The summed E-state index contributed by atoms with van der Waals surface area (Å²) < 4.78 is 0. The Bertz CT molecular complexity index is 834. The van der Waals surface area contributed by atoms with Crippen LogP contribution < -0.4 is 0 Å². The zero-order valence-corrected chi connectivity index (χ0v) is 12.6. The minimum atomic E-state index is 0.281. The van der Waals surface area contributed by atoms with Crippen LogP contribution in [-0.4, -0.2) is 36.8 Å². The number of thioether (sulfide) groups is 1. The van der Waals surface area contributed by atoms with E-state index in [0.29, 0.717) is 17.0 Å². The van der Waals surface area contributed by atoms with Gasteiger partial charge in [-0.15, -0.1) is 11.8 Å². The first-order chi connectivity index (χ1) is 10.9. The number of hydrogen-bond acceptors (Lipinski definition) is 6. The number of rotatable bonds is 3. The first-order valence-electron chi connectivity index (χ1n) is 7.07. The molecule has 3 heterocycles. The maximum atomic E-state index is 4.77. The largest absolute Gasteiger partial charge is 0.270 e. The van der Waals surface area contributed by atoms with Gasteiger partial charge in [0.05, 0.1) is 12.2 Å². The maximum absolute atomic E-state index is 4.77. The number of aliphatic imine (C=N–C) groups is 1. The predicted octanol–water partition coefficient (Wildman–Crippen LogP) is 2.52. The first-order valence-corrected chi connectivity index (χ1v) is 8.06. The fraction of sp³-hybridized carbons (Fsp3) is 0.188. The normalized spacial score (nSPS) is 17.6. The molecule has 6 heteroatoms. The van der Waals surface area contributed by atoms with E-state index in [2.05, 4.69) is 44.2 Å². The molecule has 0 saturated carbocycles. The molecular formula is C16H13N5S. The fourth-order valence-electron chi connectivity index (χ4n) is 2.40. The van der Waals surface area contributed by atoms with Crippen molar-refractivity contribution in [3.63, 3.8) is 0 Å². The molecule has 0 radical (unpaired) electrons. The third kappa shape index (κ3) is 2.69. The summed E-state index contributed by atoms with van der Waals surface area (Å²) in [7, 11) is 0. The molecule has 1 aliphatic heterocycles. The van der Waals surface area contributed by atoms with Gasteiger partial charge in [0.2, 0.25) is 0 Å². The Hall–Kier alpha value is -2.34. The second-order valence-corrected chi connectivity index (χ2v) is 6.06. The number of nitrogens with zero attached hydrogens (tertiary/aromatic N) is 5. The van der Waals surface area contributed by atoms with E-state index >= 15 is 0 Å². The molecule has 1 aromatic carbocycles. The third-order valence-corrected chi connectivity index (χ3v) is 4.56.